The summed E-state index contributed by atoms with van der Waals surface area (Å²) >= 11 is 11.1. The molecule has 25 heavy (non-hydrogen) atoms. The van der Waals surface area contributed by atoms with E-state index in [2.05, 4.69) is 0 Å². The molecule has 1 fully saturated rings. The fourth-order valence-electron chi connectivity index (χ4n) is 2.47. The van der Waals surface area contributed by atoms with Crippen molar-refractivity contribution in [2.45, 2.75) is 39.0 Å². The molecule has 0 heterocycles. The fraction of sp³-hybridized carbons (Fsp3) is 0.562. The van der Waals surface area contributed by atoms with E-state index in [0.717, 1.165) is 6.92 Å². The highest BCUT2D eigenvalue weighted by Gasteiger charge is 2.62. The molecule has 0 spiro atoms. The molecule has 0 aromatic rings. The molecule has 0 aliphatic heterocycles. The normalized spacial score (nSPS) is 24.1. The smallest absolute Gasteiger partial charge is 0.444 e. The number of halogens is 7. The molecule has 0 aromatic heterocycles. The second-order valence-corrected chi connectivity index (χ2v) is 7.28. The van der Waals surface area contributed by atoms with Crippen molar-refractivity contribution >= 4 is 29.2 Å². The number of ether oxygens (including phenoxy) is 1. The first-order valence-corrected chi connectivity index (χ1v) is 7.74. The molecule has 0 radical (unpaired) electrons. The van der Waals surface area contributed by atoms with Gasteiger partial charge in [0.25, 0.3) is 0 Å². The summed E-state index contributed by atoms with van der Waals surface area (Å²) in [7, 11) is 0. The van der Waals surface area contributed by atoms with E-state index < -0.39 is 41.1 Å². The molecule has 0 bridgehead atoms. The molecular formula is C16H15Cl2F5O2. The van der Waals surface area contributed by atoms with Gasteiger partial charge < -0.3 is 4.74 Å². The summed E-state index contributed by atoms with van der Waals surface area (Å²) in [6.07, 6.45) is -1.24. The lowest BCUT2D eigenvalue weighted by atomic mass is 10.1. The number of hydrogen-bond acceptors (Lipinski definition) is 2. The molecule has 0 saturated heterocycles. The maximum atomic E-state index is 13.1. The van der Waals surface area contributed by atoms with Crippen molar-refractivity contribution < 1.29 is 31.5 Å². The SMILES string of the molecule is C#CC(OC(=O)C1C(C=C(Cl)Cl)C1(C)C)/C(C)=C/C(F)(F)C(F)(F)F. The highest BCUT2D eigenvalue weighted by Crippen LogP contribution is 2.60. The largest absolute Gasteiger partial charge is 0.457 e. The van der Waals surface area contributed by atoms with Gasteiger partial charge in [0.2, 0.25) is 0 Å². The number of terminal acetylenes is 1. The highest BCUT2D eigenvalue weighted by atomic mass is 35.5. The minimum Gasteiger partial charge on any atom is -0.444 e. The molecule has 9 heteroatoms. The number of alkyl halides is 5. The van der Waals surface area contributed by atoms with Gasteiger partial charge in [0.1, 0.15) is 4.49 Å². The lowest BCUT2D eigenvalue weighted by molar-refractivity contribution is -0.259. The summed E-state index contributed by atoms with van der Waals surface area (Å²) in [5.41, 5.74) is -1.15. The molecule has 140 valence electrons. The third-order valence-electron chi connectivity index (χ3n) is 4.06. The minimum absolute atomic E-state index is 0.0530. The topological polar surface area (TPSA) is 26.3 Å². The summed E-state index contributed by atoms with van der Waals surface area (Å²) in [6, 6.07) is 0. The van der Waals surface area contributed by atoms with Gasteiger partial charge in [-0.3, -0.25) is 4.79 Å². The number of hydrogen-bond donors (Lipinski definition) is 0. The van der Waals surface area contributed by atoms with Crippen LogP contribution in [0.1, 0.15) is 20.8 Å². The average molecular weight is 405 g/mol. The van der Waals surface area contributed by atoms with Crippen LogP contribution < -0.4 is 0 Å². The van der Waals surface area contributed by atoms with E-state index in [4.69, 9.17) is 34.4 Å². The first-order valence-electron chi connectivity index (χ1n) is 6.98. The van der Waals surface area contributed by atoms with Crippen LogP contribution in [0.4, 0.5) is 22.0 Å². The predicted octanol–water partition coefficient (Wildman–Crippen LogP) is 5.27. The van der Waals surface area contributed by atoms with Crippen molar-refractivity contribution in [1.82, 2.24) is 0 Å². The highest BCUT2D eigenvalue weighted by molar-refractivity contribution is 6.55. The van der Waals surface area contributed by atoms with Gasteiger partial charge in [-0.15, -0.1) is 6.42 Å². The number of rotatable bonds is 5. The van der Waals surface area contributed by atoms with Crippen LogP contribution in [0.15, 0.2) is 22.2 Å². The van der Waals surface area contributed by atoms with Gasteiger partial charge in [-0.2, -0.15) is 22.0 Å². The van der Waals surface area contributed by atoms with Crippen LogP contribution in [0.3, 0.4) is 0 Å². The summed E-state index contributed by atoms with van der Waals surface area (Å²) < 4.78 is 67.8. The van der Waals surface area contributed by atoms with Crippen molar-refractivity contribution in [2.75, 3.05) is 0 Å². The van der Waals surface area contributed by atoms with E-state index >= 15 is 0 Å². The van der Waals surface area contributed by atoms with E-state index in [1.54, 1.807) is 13.8 Å². The van der Waals surface area contributed by atoms with Crippen molar-refractivity contribution in [2.24, 2.45) is 17.3 Å². The maximum absolute atomic E-state index is 13.1. The van der Waals surface area contributed by atoms with Crippen LogP contribution in [-0.4, -0.2) is 24.2 Å². The molecule has 1 aliphatic carbocycles. The van der Waals surface area contributed by atoms with Gasteiger partial charge in [-0.05, 0) is 36.0 Å². The Hall–Kier alpha value is -1.26. The maximum Gasteiger partial charge on any atom is 0.457 e. The van der Waals surface area contributed by atoms with Crippen LogP contribution >= 0.6 is 23.2 Å². The first kappa shape index (κ1) is 21.8. The molecule has 1 aliphatic rings. The van der Waals surface area contributed by atoms with Crippen molar-refractivity contribution in [3.8, 4) is 12.3 Å². The molecule has 0 amide bonds. The molecule has 3 atom stereocenters. The van der Waals surface area contributed by atoms with Crippen molar-refractivity contribution in [1.29, 1.82) is 0 Å². The standard InChI is InChI=1S/C16H15Cl2F5O2/c1-5-10(8(2)7-15(19,20)16(21,22)23)25-13(24)12-9(6-11(17)18)14(12,3)4/h1,6-7,9-10,12H,2-4H3/b8-7+. The second kappa shape index (κ2) is 7.16. The monoisotopic (exact) mass is 404 g/mol. The molecule has 1 rings (SSSR count). The van der Waals surface area contributed by atoms with Gasteiger partial charge in [0.15, 0.2) is 6.10 Å². The van der Waals surface area contributed by atoms with Gasteiger partial charge in [0, 0.05) is 0 Å². The average Bonchev–Trinajstić information content (AvgIpc) is 2.94. The van der Waals surface area contributed by atoms with Crippen LogP contribution in [0.25, 0.3) is 0 Å². The van der Waals surface area contributed by atoms with Gasteiger partial charge in [-0.1, -0.05) is 43.0 Å². The summed E-state index contributed by atoms with van der Waals surface area (Å²) in [5, 5.41) is 0. The Bertz CT molecular complexity index is 640. The molecule has 2 nitrogen and oxygen atoms in total. The van der Waals surface area contributed by atoms with E-state index in [1.165, 1.54) is 6.08 Å². The Kier molecular flexibility index (Phi) is 6.24. The van der Waals surface area contributed by atoms with E-state index in [9.17, 15) is 26.7 Å². The Morgan fingerprint density at radius 3 is 2.20 bits per heavy atom. The van der Waals surface area contributed by atoms with E-state index in [0.29, 0.717) is 0 Å². The predicted molar refractivity (Wildman–Crippen MR) is 84.0 cm³/mol. The molecule has 0 N–H and O–H groups in total. The zero-order valence-electron chi connectivity index (χ0n) is 13.4. The van der Waals surface area contributed by atoms with Gasteiger partial charge in [-0.25, -0.2) is 0 Å². The Morgan fingerprint density at radius 1 is 1.28 bits per heavy atom. The van der Waals surface area contributed by atoms with Crippen LogP contribution in [0, 0.1) is 29.6 Å². The third-order valence-corrected chi connectivity index (χ3v) is 4.31. The summed E-state index contributed by atoms with van der Waals surface area (Å²) in [5.74, 6) is -5.07. The lowest BCUT2D eigenvalue weighted by Gasteiger charge is -2.19. The first-order chi connectivity index (χ1) is 11.1. The van der Waals surface area contributed by atoms with Crippen molar-refractivity contribution in [3.05, 3.63) is 22.2 Å². The molecule has 0 aromatic carbocycles. The Labute approximate surface area is 152 Å². The summed E-state index contributed by atoms with van der Waals surface area (Å²) in [4.78, 5) is 12.2. The number of esters is 1. The van der Waals surface area contributed by atoms with Crippen LogP contribution in [-0.2, 0) is 9.53 Å². The number of allylic oxidation sites excluding steroid dienone is 2. The zero-order chi connectivity index (χ0) is 19.8. The molecule has 1 saturated carbocycles. The Balaban J connectivity index is 2.92. The van der Waals surface area contributed by atoms with Crippen molar-refractivity contribution in [3.63, 3.8) is 0 Å². The number of carbonyl (C=O) groups excluding carboxylic acids is 1. The lowest BCUT2D eigenvalue weighted by Crippen LogP contribution is -2.35. The second-order valence-electron chi connectivity index (χ2n) is 6.27. The zero-order valence-corrected chi connectivity index (χ0v) is 14.9. The summed E-state index contributed by atoms with van der Waals surface area (Å²) in [6.45, 7) is 4.38. The number of carbonyl (C=O) groups is 1. The van der Waals surface area contributed by atoms with Gasteiger partial charge in [0.05, 0.1) is 5.92 Å². The molecule has 3 unspecified atom stereocenters. The van der Waals surface area contributed by atoms with E-state index in [1.807, 2.05) is 5.92 Å². The van der Waals surface area contributed by atoms with E-state index in [-0.39, 0.29) is 16.5 Å². The van der Waals surface area contributed by atoms with Gasteiger partial charge >= 0.3 is 18.1 Å². The minimum atomic E-state index is -5.77. The van der Waals surface area contributed by atoms with Crippen LogP contribution in [0.2, 0.25) is 0 Å². The quantitative estimate of drug-likeness (QED) is 0.270. The molecular weight excluding hydrogens is 390 g/mol. The Morgan fingerprint density at radius 2 is 1.80 bits per heavy atom. The fourth-order valence-corrected chi connectivity index (χ4v) is 2.74. The third kappa shape index (κ3) is 4.89. The van der Waals surface area contributed by atoms with Crippen LogP contribution in [0.5, 0.6) is 0 Å².